The number of hydrogen-bond donors (Lipinski definition) is 0. The second-order valence-electron chi connectivity index (χ2n) is 4.24. The molecule has 1 fully saturated rings. The number of ether oxygens (including phenoxy) is 2. The zero-order valence-corrected chi connectivity index (χ0v) is 9.67. The molecule has 15 heavy (non-hydrogen) atoms. The molecule has 3 nitrogen and oxygen atoms in total. The van der Waals surface area contributed by atoms with Crippen LogP contribution in [0.15, 0.2) is 0 Å². The monoisotopic (exact) mass is 214 g/mol. The van der Waals surface area contributed by atoms with Crippen molar-refractivity contribution in [3.05, 3.63) is 0 Å². The molecule has 1 aliphatic carbocycles. The van der Waals surface area contributed by atoms with Crippen LogP contribution in [0.2, 0.25) is 0 Å². The van der Waals surface area contributed by atoms with Gasteiger partial charge >= 0.3 is 5.97 Å². The molecule has 0 heterocycles. The number of carbonyl (C=O) groups excluding carboxylic acids is 1. The Labute approximate surface area is 92.1 Å². The third-order valence-electron chi connectivity index (χ3n) is 2.87. The van der Waals surface area contributed by atoms with Gasteiger partial charge in [0.25, 0.3) is 0 Å². The van der Waals surface area contributed by atoms with Crippen LogP contribution in [0.25, 0.3) is 0 Å². The standard InChI is InChI=1S/C12H22O3/c1-11(13)14-10-15-12-8-6-4-2-3-5-7-9-12/h12H,2-10H2,1H3. The minimum absolute atomic E-state index is 0.125. The van der Waals surface area contributed by atoms with Crippen LogP contribution in [0.1, 0.15) is 58.3 Å². The predicted octanol–water partition coefficient (Wildman–Crippen LogP) is 3.03. The minimum Gasteiger partial charge on any atom is -0.439 e. The van der Waals surface area contributed by atoms with Crippen molar-refractivity contribution in [1.82, 2.24) is 0 Å². The average molecular weight is 214 g/mol. The predicted molar refractivity (Wildman–Crippen MR) is 58.4 cm³/mol. The first kappa shape index (κ1) is 12.5. The highest BCUT2D eigenvalue weighted by molar-refractivity contribution is 5.65. The summed E-state index contributed by atoms with van der Waals surface area (Å²) in [6, 6.07) is 0. The van der Waals surface area contributed by atoms with Crippen molar-refractivity contribution >= 4 is 5.97 Å². The van der Waals surface area contributed by atoms with E-state index >= 15 is 0 Å². The van der Waals surface area contributed by atoms with Crippen LogP contribution in [0.3, 0.4) is 0 Å². The summed E-state index contributed by atoms with van der Waals surface area (Å²) in [5.41, 5.74) is 0. The van der Waals surface area contributed by atoms with Crippen LogP contribution in [0.5, 0.6) is 0 Å². The Balaban J connectivity index is 2.15. The SMILES string of the molecule is CC(=O)OCOC1CCCCCCCC1. The highest BCUT2D eigenvalue weighted by atomic mass is 16.7. The van der Waals surface area contributed by atoms with Crippen LogP contribution in [-0.2, 0) is 14.3 Å². The fraction of sp³-hybridized carbons (Fsp3) is 0.917. The summed E-state index contributed by atoms with van der Waals surface area (Å²) in [5.74, 6) is -0.266. The van der Waals surface area contributed by atoms with Crippen LogP contribution in [0.4, 0.5) is 0 Å². The zero-order valence-electron chi connectivity index (χ0n) is 9.67. The van der Waals surface area contributed by atoms with E-state index in [0.29, 0.717) is 6.10 Å². The van der Waals surface area contributed by atoms with Gasteiger partial charge in [-0.15, -0.1) is 0 Å². The van der Waals surface area contributed by atoms with Crippen molar-refractivity contribution in [3.8, 4) is 0 Å². The molecular weight excluding hydrogens is 192 g/mol. The molecule has 1 saturated carbocycles. The Morgan fingerprint density at radius 1 is 1.07 bits per heavy atom. The summed E-state index contributed by atoms with van der Waals surface area (Å²) < 4.78 is 10.3. The molecular formula is C12H22O3. The number of rotatable bonds is 3. The summed E-state index contributed by atoms with van der Waals surface area (Å²) in [6.07, 6.45) is 10.3. The first-order valence-electron chi connectivity index (χ1n) is 6.04. The molecule has 1 aliphatic rings. The van der Waals surface area contributed by atoms with Gasteiger partial charge in [-0.05, 0) is 12.8 Å². The molecule has 3 heteroatoms. The summed E-state index contributed by atoms with van der Waals surface area (Å²) in [6.45, 7) is 1.53. The van der Waals surface area contributed by atoms with E-state index in [1.807, 2.05) is 0 Å². The molecule has 0 atom stereocenters. The summed E-state index contributed by atoms with van der Waals surface area (Å²) in [4.78, 5) is 10.6. The fourth-order valence-electron chi connectivity index (χ4n) is 1.98. The Kier molecular flexibility index (Phi) is 6.41. The van der Waals surface area contributed by atoms with Crippen LogP contribution < -0.4 is 0 Å². The Morgan fingerprint density at radius 3 is 2.13 bits per heavy atom. The average Bonchev–Trinajstić information content (AvgIpc) is 2.31. The normalized spacial score (nSPS) is 20.1. The molecule has 88 valence electrons. The lowest BCUT2D eigenvalue weighted by atomic mass is 10.1. The highest BCUT2D eigenvalue weighted by Gasteiger charge is 2.11. The third kappa shape index (κ3) is 6.50. The molecule has 0 amide bonds. The quantitative estimate of drug-likeness (QED) is 0.535. The molecule has 0 aliphatic heterocycles. The molecule has 0 aromatic heterocycles. The first-order chi connectivity index (χ1) is 7.29. The number of esters is 1. The van der Waals surface area contributed by atoms with Crippen molar-refractivity contribution in [2.75, 3.05) is 6.79 Å². The lowest BCUT2D eigenvalue weighted by Crippen LogP contribution is -2.16. The highest BCUT2D eigenvalue weighted by Crippen LogP contribution is 2.19. The lowest BCUT2D eigenvalue weighted by molar-refractivity contribution is -0.158. The molecule has 1 rings (SSSR count). The molecule has 0 radical (unpaired) electrons. The van der Waals surface area contributed by atoms with Crippen LogP contribution in [-0.4, -0.2) is 18.9 Å². The topological polar surface area (TPSA) is 35.5 Å². The van der Waals surface area contributed by atoms with Crippen LogP contribution >= 0.6 is 0 Å². The molecule has 0 spiro atoms. The number of carbonyl (C=O) groups is 1. The third-order valence-corrected chi connectivity index (χ3v) is 2.87. The van der Waals surface area contributed by atoms with E-state index in [1.54, 1.807) is 0 Å². The Bertz CT molecular complexity index is 170. The number of hydrogen-bond acceptors (Lipinski definition) is 3. The van der Waals surface area contributed by atoms with E-state index in [4.69, 9.17) is 9.47 Å². The van der Waals surface area contributed by atoms with Gasteiger partial charge < -0.3 is 9.47 Å². The van der Waals surface area contributed by atoms with Gasteiger partial charge in [0, 0.05) is 6.92 Å². The first-order valence-corrected chi connectivity index (χ1v) is 6.04. The van der Waals surface area contributed by atoms with Crippen molar-refractivity contribution in [3.63, 3.8) is 0 Å². The van der Waals surface area contributed by atoms with Gasteiger partial charge in [-0.3, -0.25) is 4.79 Å². The van der Waals surface area contributed by atoms with Gasteiger partial charge in [0.05, 0.1) is 6.10 Å². The van der Waals surface area contributed by atoms with Crippen LogP contribution in [0, 0.1) is 0 Å². The fourth-order valence-corrected chi connectivity index (χ4v) is 1.98. The Morgan fingerprint density at radius 2 is 1.60 bits per heavy atom. The van der Waals surface area contributed by atoms with Gasteiger partial charge in [-0.25, -0.2) is 0 Å². The van der Waals surface area contributed by atoms with Gasteiger partial charge in [0.1, 0.15) is 0 Å². The van der Waals surface area contributed by atoms with E-state index in [9.17, 15) is 4.79 Å². The van der Waals surface area contributed by atoms with E-state index in [2.05, 4.69) is 0 Å². The van der Waals surface area contributed by atoms with E-state index < -0.39 is 0 Å². The largest absolute Gasteiger partial charge is 0.439 e. The molecule has 0 aromatic rings. The minimum atomic E-state index is -0.266. The maximum absolute atomic E-state index is 10.6. The maximum atomic E-state index is 10.6. The second kappa shape index (κ2) is 7.69. The van der Waals surface area contributed by atoms with E-state index in [-0.39, 0.29) is 12.8 Å². The zero-order chi connectivity index (χ0) is 10.9. The van der Waals surface area contributed by atoms with Crippen molar-refractivity contribution < 1.29 is 14.3 Å². The Hall–Kier alpha value is -0.570. The van der Waals surface area contributed by atoms with Gasteiger partial charge in [-0.1, -0.05) is 38.5 Å². The molecule has 0 saturated heterocycles. The summed E-state index contributed by atoms with van der Waals surface area (Å²) in [5, 5.41) is 0. The summed E-state index contributed by atoms with van der Waals surface area (Å²) in [7, 11) is 0. The second-order valence-corrected chi connectivity index (χ2v) is 4.24. The lowest BCUT2D eigenvalue weighted by Gasteiger charge is -2.16. The van der Waals surface area contributed by atoms with Crippen molar-refractivity contribution in [2.24, 2.45) is 0 Å². The van der Waals surface area contributed by atoms with E-state index in [0.717, 1.165) is 12.8 Å². The van der Waals surface area contributed by atoms with Gasteiger partial charge in [0.2, 0.25) is 0 Å². The van der Waals surface area contributed by atoms with E-state index in [1.165, 1.54) is 45.4 Å². The maximum Gasteiger partial charge on any atom is 0.304 e. The molecule has 0 bridgehead atoms. The van der Waals surface area contributed by atoms with Gasteiger partial charge in [0.15, 0.2) is 6.79 Å². The summed E-state index contributed by atoms with van der Waals surface area (Å²) >= 11 is 0. The molecule has 0 N–H and O–H groups in total. The van der Waals surface area contributed by atoms with Crippen molar-refractivity contribution in [2.45, 2.75) is 64.4 Å². The molecule has 0 aromatic carbocycles. The molecule has 0 unspecified atom stereocenters. The van der Waals surface area contributed by atoms with Gasteiger partial charge in [-0.2, -0.15) is 0 Å². The van der Waals surface area contributed by atoms with Crippen molar-refractivity contribution in [1.29, 1.82) is 0 Å². The smallest absolute Gasteiger partial charge is 0.304 e.